The van der Waals surface area contributed by atoms with Gasteiger partial charge in [-0.05, 0) is 104 Å². The van der Waals surface area contributed by atoms with Gasteiger partial charge in [0.15, 0.2) is 11.6 Å². The Hall–Kier alpha value is -2.10. The van der Waals surface area contributed by atoms with E-state index in [-0.39, 0.29) is 17.8 Å². The maximum absolute atomic E-state index is 14.4. The fraction of sp³-hybridized carbons (Fsp3) is 0.440. The molecule has 1 saturated carbocycles. The van der Waals surface area contributed by atoms with Gasteiger partial charge in [0, 0.05) is 6.07 Å². The summed E-state index contributed by atoms with van der Waals surface area (Å²) in [6.07, 6.45) is 9.21. The Labute approximate surface area is 169 Å². The molecule has 0 spiro atoms. The number of halogens is 4. The lowest BCUT2D eigenvalue weighted by Crippen LogP contribution is -2.35. The minimum Gasteiger partial charge on any atom is -0.207 e. The largest absolute Gasteiger partial charge is 0.207 e. The van der Waals surface area contributed by atoms with Gasteiger partial charge in [-0.25, -0.2) is 17.6 Å². The van der Waals surface area contributed by atoms with Crippen LogP contribution in [0.5, 0.6) is 0 Å². The van der Waals surface area contributed by atoms with Crippen LogP contribution in [0.25, 0.3) is 0 Å². The highest BCUT2D eigenvalue weighted by atomic mass is 19.2. The molecule has 0 N–H and O–H groups in total. The number of hydrogen-bond donors (Lipinski definition) is 0. The predicted octanol–water partition coefficient (Wildman–Crippen LogP) is 7.44. The summed E-state index contributed by atoms with van der Waals surface area (Å²) in [4.78, 5) is 0. The molecule has 2 aliphatic rings. The molecule has 2 aromatic rings. The Kier molecular flexibility index (Phi) is 5.80. The minimum atomic E-state index is -0.843. The lowest BCUT2D eigenvalue weighted by Gasteiger charge is -2.47. The number of hydrogen-bond acceptors (Lipinski definition) is 0. The molecule has 0 amide bonds. The molecule has 0 aromatic heterocycles. The van der Waals surface area contributed by atoms with Crippen molar-refractivity contribution in [1.29, 1.82) is 0 Å². The number of rotatable bonds is 4. The van der Waals surface area contributed by atoms with Crippen LogP contribution in [0, 0.1) is 35.1 Å². The van der Waals surface area contributed by atoms with Crippen LogP contribution < -0.4 is 0 Å². The second-order valence-electron chi connectivity index (χ2n) is 8.45. The number of fused-ring (bicyclic) bond motifs is 3. The van der Waals surface area contributed by atoms with Crippen LogP contribution >= 0.6 is 0 Å². The molecule has 0 bridgehead atoms. The lowest BCUT2D eigenvalue weighted by molar-refractivity contribution is 0.160. The van der Waals surface area contributed by atoms with Crippen molar-refractivity contribution in [1.82, 2.24) is 0 Å². The van der Waals surface area contributed by atoms with E-state index in [0.717, 1.165) is 49.3 Å². The maximum Gasteiger partial charge on any atom is 0.159 e. The Morgan fingerprint density at radius 1 is 0.931 bits per heavy atom. The van der Waals surface area contributed by atoms with Crippen molar-refractivity contribution in [3.8, 4) is 0 Å². The van der Waals surface area contributed by atoms with Gasteiger partial charge >= 0.3 is 0 Å². The van der Waals surface area contributed by atoms with Crippen molar-refractivity contribution in [2.45, 2.75) is 57.3 Å². The van der Waals surface area contributed by atoms with Gasteiger partial charge in [0.1, 0.15) is 11.6 Å². The van der Waals surface area contributed by atoms with Crippen LogP contribution in [-0.2, 0) is 6.42 Å². The molecule has 29 heavy (non-hydrogen) atoms. The van der Waals surface area contributed by atoms with Crippen molar-refractivity contribution < 1.29 is 17.6 Å². The smallest absolute Gasteiger partial charge is 0.159 e. The fourth-order valence-electron chi connectivity index (χ4n) is 5.72. The number of benzene rings is 2. The van der Waals surface area contributed by atoms with E-state index in [4.69, 9.17) is 0 Å². The predicted molar refractivity (Wildman–Crippen MR) is 107 cm³/mol. The molecular formula is C25H26F4. The zero-order chi connectivity index (χ0) is 20.5. The molecule has 4 rings (SSSR count). The highest BCUT2D eigenvalue weighted by molar-refractivity contribution is 5.38. The van der Waals surface area contributed by atoms with Crippen LogP contribution in [0.2, 0.25) is 0 Å². The first-order chi connectivity index (χ1) is 14.0. The topological polar surface area (TPSA) is 0 Å². The zero-order valence-electron chi connectivity index (χ0n) is 16.6. The van der Waals surface area contributed by atoms with Crippen LogP contribution in [0.15, 0.2) is 42.5 Å². The molecule has 0 nitrogen and oxygen atoms in total. The van der Waals surface area contributed by atoms with Gasteiger partial charge in [0.25, 0.3) is 0 Å². The van der Waals surface area contributed by atoms with Gasteiger partial charge in [0.2, 0.25) is 0 Å². The van der Waals surface area contributed by atoms with E-state index in [9.17, 15) is 17.6 Å². The molecule has 4 heteroatoms. The van der Waals surface area contributed by atoms with Gasteiger partial charge < -0.3 is 0 Å². The van der Waals surface area contributed by atoms with E-state index in [1.54, 1.807) is 6.07 Å². The summed E-state index contributed by atoms with van der Waals surface area (Å²) >= 11 is 0. The summed E-state index contributed by atoms with van der Waals surface area (Å²) in [5.41, 5.74) is 2.21. The summed E-state index contributed by atoms with van der Waals surface area (Å²) in [5.74, 6) is -2.03. The third-order valence-electron chi connectivity index (χ3n) is 6.92. The van der Waals surface area contributed by atoms with Crippen LogP contribution in [0.3, 0.4) is 0 Å². The normalized spacial score (nSPS) is 26.4. The highest BCUT2D eigenvalue weighted by Crippen LogP contribution is 2.55. The first kappa shape index (κ1) is 20.2. The van der Waals surface area contributed by atoms with Crippen LogP contribution in [0.1, 0.15) is 67.6 Å². The van der Waals surface area contributed by atoms with E-state index >= 15 is 0 Å². The molecule has 4 atom stereocenters. The summed E-state index contributed by atoms with van der Waals surface area (Å²) < 4.78 is 55.9. The van der Waals surface area contributed by atoms with E-state index in [1.165, 1.54) is 18.2 Å². The second-order valence-corrected chi connectivity index (χ2v) is 8.45. The molecule has 0 saturated heterocycles. The minimum absolute atomic E-state index is 0.0556. The quantitative estimate of drug-likeness (QED) is 0.368. The Balaban J connectivity index is 1.73. The molecular weight excluding hydrogens is 376 g/mol. The van der Waals surface area contributed by atoms with Crippen LogP contribution in [0.4, 0.5) is 17.6 Å². The molecule has 0 unspecified atom stereocenters. The van der Waals surface area contributed by atoms with Gasteiger partial charge in [-0.3, -0.25) is 0 Å². The zero-order valence-corrected chi connectivity index (χ0v) is 16.6. The fourth-order valence-corrected chi connectivity index (χ4v) is 5.72. The van der Waals surface area contributed by atoms with Gasteiger partial charge in [-0.1, -0.05) is 18.2 Å². The summed E-state index contributed by atoms with van der Waals surface area (Å²) in [6.45, 7) is 1.99. The molecule has 2 aromatic carbocycles. The monoisotopic (exact) mass is 402 g/mol. The van der Waals surface area contributed by atoms with Crippen molar-refractivity contribution in [3.63, 3.8) is 0 Å². The van der Waals surface area contributed by atoms with Crippen molar-refractivity contribution >= 4 is 0 Å². The molecule has 0 aliphatic heterocycles. The SMILES string of the molecule is CC=CCC[C@@H]1CC[C@H]2c3cc(F)cc(F)c3CC[C@@H]2[C@H]1c1ccc(F)c(F)c1. The van der Waals surface area contributed by atoms with Gasteiger partial charge in [0.05, 0.1) is 0 Å². The van der Waals surface area contributed by atoms with E-state index in [1.807, 2.05) is 13.0 Å². The van der Waals surface area contributed by atoms with E-state index < -0.39 is 23.3 Å². The molecule has 0 radical (unpaired) electrons. The molecule has 1 fully saturated rings. The Morgan fingerprint density at radius 3 is 2.52 bits per heavy atom. The summed E-state index contributed by atoms with van der Waals surface area (Å²) in [7, 11) is 0. The Bertz CT molecular complexity index is 917. The standard InChI is InChI=1S/C25H26F4/c1-2-3-4-5-15-6-8-18-20(25(15)16-7-11-22(27)24(29)12-16)10-9-19-21(18)13-17(26)14-23(19)28/h2-3,7,11-15,18,20,25H,4-6,8-10H2,1H3/t15-,18-,20+,25-/m1/s1. The average Bonchev–Trinajstić information content (AvgIpc) is 2.69. The van der Waals surface area contributed by atoms with Crippen molar-refractivity contribution in [2.24, 2.45) is 11.8 Å². The van der Waals surface area contributed by atoms with Gasteiger partial charge in [-0.2, -0.15) is 0 Å². The van der Waals surface area contributed by atoms with E-state index in [2.05, 4.69) is 6.08 Å². The molecule has 2 aliphatic carbocycles. The highest BCUT2D eigenvalue weighted by Gasteiger charge is 2.43. The summed E-state index contributed by atoms with van der Waals surface area (Å²) in [6, 6.07) is 6.67. The Morgan fingerprint density at radius 2 is 1.76 bits per heavy atom. The molecule has 0 heterocycles. The first-order valence-electron chi connectivity index (χ1n) is 10.5. The third-order valence-corrected chi connectivity index (χ3v) is 6.92. The van der Waals surface area contributed by atoms with Crippen molar-refractivity contribution in [2.75, 3.05) is 0 Å². The summed E-state index contributed by atoms with van der Waals surface area (Å²) in [5, 5.41) is 0. The first-order valence-corrected chi connectivity index (χ1v) is 10.5. The van der Waals surface area contributed by atoms with Gasteiger partial charge in [-0.15, -0.1) is 0 Å². The average molecular weight is 402 g/mol. The molecule has 154 valence electrons. The van der Waals surface area contributed by atoms with Crippen molar-refractivity contribution in [3.05, 3.63) is 82.4 Å². The maximum atomic E-state index is 14.4. The van der Waals surface area contributed by atoms with E-state index in [0.29, 0.717) is 17.9 Å². The lowest BCUT2D eigenvalue weighted by atomic mass is 9.57. The number of allylic oxidation sites excluding steroid dienone is 2. The third kappa shape index (κ3) is 3.86. The second kappa shape index (κ2) is 8.33. The van der Waals surface area contributed by atoms with Crippen LogP contribution in [-0.4, -0.2) is 0 Å².